The van der Waals surface area contributed by atoms with Crippen LogP contribution in [0.2, 0.25) is 0 Å². The highest BCUT2D eigenvalue weighted by molar-refractivity contribution is 6.04. The van der Waals surface area contributed by atoms with Crippen molar-refractivity contribution in [1.82, 2.24) is 9.38 Å². The Bertz CT molecular complexity index is 1030. The third kappa shape index (κ3) is 3.23. The van der Waals surface area contributed by atoms with Gasteiger partial charge in [-0.05, 0) is 37.3 Å². The summed E-state index contributed by atoms with van der Waals surface area (Å²) in [6, 6.07) is 8.95. The van der Waals surface area contributed by atoms with Crippen LogP contribution in [0, 0.1) is 6.92 Å². The van der Waals surface area contributed by atoms with Crippen LogP contribution in [0.4, 0.5) is 18.9 Å². The van der Waals surface area contributed by atoms with Gasteiger partial charge in [-0.25, -0.2) is 4.98 Å². The van der Waals surface area contributed by atoms with Gasteiger partial charge in [-0.3, -0.25) is 14.0 Å². The van der Waals surface area contributed by atoms with Crippen LogP contribution in [0.3, 0.4) is 0 Å². The lowest BCUT2D eigenvalue weighted by atomic mass is 10.1. The van der Waals surface area contributed by atoms with Crippen LogP contribution in [0.25, 0.3) is 5.65 Å². The molecule has 0 atom stereocenters. The Hall–Kier alpha value is -3.16. The summed E-state index contributed by atoms with van der Waals surface area (Å²) in [5.74, 6) is -0.816. The van der Waals surface area contributed by atoms with Crippen LogP contribution < -0.4 is 10.9 Å². The Labute approximate surface area is 139 Å². The number of anilines is 1. The summed E-state index contributed by atoms with van der Waals surface area (Å²) in [5, 5.41) is 2.36. The maximum absolute atomic E-state index is 12.8. The number of fused-ring (bicyclic) bond motifs is 1. The second-order valence-electron chi connectivity index (χ2n) is 5.34. The molecule has 0 saturated heterocycles. The van der Waals surface area contributed by atoms with E-state index in [2.05, 4.69) is 10.3 Å². The molecule has 0 spiro atoms. The second-order valence-corrected chi connectivity index (χ2v) is 5.34. The standard InChI is InChI=1S/C17H12F3N3O2/c1-10-14(16(25)23-8-3-2-7-13(23)21-10)22-15(24)11-5-4-6-12(9-11)17(18,19)20/h2-9H,1H3,(H,22,24). The maximum Gasteiger partial charge on any atom is 0.416 e. The SMILES string of the molecule is Cc1nc2ccccn2c(=O)c1NC(=O)c1cccc(C(F)(F)F)c1. The Morgan fingerprint density at radius 1 is 1.16 bits per heavy atom. The molecule has 1 aromatic carbocycles. The van der Waals surface area contributed by atoms with E-state index in [0.29, 0.717) is 5.65 Å². The fourth-order valence-electron chi connectivity index (χ4n) is 2.37. The van der Waals surface area contributed by atoms with Crippen LogP contribution in [-0.4, -0.2) is 15.3 Å². The summed E-state index contributed by atoms with van der Waals surface area (Å²) < 4.78 is 39.5. The lowest BCUT2D eigenvalue weighted by Crippen LogP contribution is -2.25. The van der Waals surface area contributed by atoms with Crippen LogP contribution in [0.1, 0.15) is 21.6 Å². The van der Waals surface area contributed by atoms with Crippen LogP contribution in [0.5, 0.6) is 0 Å². The first kappa shape index (κ1) is 16.7. The topological polar surface area (TPSA) is 63.5 Å². The fraction of sp³-hybridized carbons (Fsp3) is 0.118. The number of benzene rings is 1. The number of nitrogens with one attached hydrogen (secondary N) is 1. The zero-order chi connectivity index (χ0) is 18.2. The average molecular weight is 347 g/mol. The summed E-state index contributed by atoms with van der Waals surface area (Å²) in [4.78, 5) is 29.0. The van der Waals surface area contributed by atoms with Gasteiger partial charge >= 0.3 is 6.18 Å². The minimum atomic E-state index is -4.56. The molecule has 1 amide bonds. The summed E-state index contributed by atoms with van der Waals surface area (Å²) in [5.41, 5.74) is -1.05. The van der Waals surface area contributed by atoms with Gasteiger partial charge in [0.2, 0.25) is 0 Å². The molecule has 1 N–H and O–H groups in total. The van der Waals surface area contributed by atoms with Crippen molar-refractivity contribution in [1.29, 1.82) is 0 Å². The number of alkyl halides is 3. The number of nitrogens with zero attached hydrogens (tertiary/aromatic N) is 2. The van der Waals surface area contributed by atoms with Crippen LogP contribution in [-0.2, 0) is 6.18 Å². The minimum absolute atomic E-state index is 0.0777. The van der Waals surface area contributed by atoms with Gasteiger partial charge in [-0.15, -0.1) is 0 Å². The number of hydrogen-bond donors (Lipinski definition) is 1. The van der Waals surface area contributed by atoms with E-state index in [1.165, 1.54) is 23.6 Å². The molecule has 5 nitrogen and oxygen atoms in total. The highest BCUT2D eigenvalue weighted by atomic mass is 19.4. The van der Waals surface area contributed by atoms with E-state index >= 15 is 0 Å². The molecule has 0 saturated carbocycles. The van der Waals surface area contributed by atoms with Crippen molar-refractivity contribution in [3.63, 3.8) is 0 Å². The van der Waals surface area contributed by atoms with Gasteiger partial charge < -0.3 is 5.32 Å². The molecule has 128 valence electrons. The number of halogens is 3. The molecule has 0 aliphatic heterocycles. The predicted molar refractivity (Wildman–Crippen MR) is 85.6 cm³/mol. The minimum Gasteiger partial charge on any atom is -0.316 e. The van der Waals surface area contributed by atoms with E-state index in [1.54, 1.807) is 18.2 Å². The van der Waals surface area contributed by atoms with Crippen molar-refractivity contribution < 1.29 is 18.0 Å². The number of carbonyl (C=O) groups excluding carboxylic acids is 1. The molecule has 3 rings (SSSR count). The number of hydrogen-bond acceptors (Lipinski definition) is 3. The molecule has 2 aromatic heterocycles. The molecule has 0 aliphatic rings. The summed E-state index contributed by atoms with van der Waals surface area (Å²) in [6.07, 6.45) is -3.07. The Morgan fingerprint density at radius 2 is 1.92 bits per heavy atom. The van der Waals surface area contributed by atoms with Gasteiger partial charge in [0.25, 0.3) is 11.5 Å². The van der Waals surface area contributed by atoms with Gasteiger partial charge in [0, 0.05) is 11.8 Å². The number of rotatable bonds is 2. The predicted octanol–water partition coefficient (Wildman–Crippen LogP) is 3.27. The lowest BCUT2D eigenvalue weighted by molar-refractivity contribution is -0.137. The zero-order valence-corrected chi connectivity index (χ0v) is 13.0. The van der Waals surface area contributed by atoms with E-state index < -0.39 is 23.2 Å². The lowest BCUT2D eigenvalue weighted by Gasteiger charge is -2.11. The highest BCUT2D eigenvalue weighted by Crippen LogP contribution is 2.29. The van der Waals surface area contributed by atoms with E-state index in [-0.39, 0.29) is 16.9 Å². The third-order valence-corrected chi connectivity index (χ3v) is 3.61. The molecular formula is C17H12F3N3O2. The summed E-state index contributed by atoms with van der Waals surface area (Å²) in [7, 11) is 0. The quantitative estimate of drug-likeness (QED) is 0.774. The van der Waals surface area contributed by atoms with Crippen molar-refractivity contribution in [3.05, 3.63) is 75.8 Å². The molecule has 0 radical (unpaired) electrons. The normalized spacial score (nSPS) is 11.5. The number of carbonyl (C=O) groups is 1. The molecule has 3 aromatic rings. The molecule has 8 heteroatoms. The van der Waals surface area contributed by atoms with Crippen LogP contribution in [0.15, 0.2) is 53.5 Å². The van der Waals surface area contributed by atoms with E-state index in [1.807, 2.05) is 0 Å². The van der Waals surface area contributed by atoms with E-state index in [0.717, 1.165) is 18.2 Å². The monoisotopic (exact) mass is 347 g/mol. The summed E-state index contributed by atoms with van der Waals surface area (Å²) >= 11 is 0. The van der Waals surface area contributed by atoms with Crippen molar-refractivity contribution in [3.8, 4) is 0 Å². The van der Waals surface area contributed by atoms with Crippen molar-refractivity contribution in [2.24, 2.45) is 0 Å². The van der Waals surface area contributed by atoms with Crippen molar-refractivity contribution in [2.75, 3.05) is 5.32 Å². The molecule has 0 aliphatic carbocycles. The van der Waals surface area contributed by atoms with Gasteiger partial charge in [0.15, 0.2) is 0 Å². The molecule has 0 fully saturated rings. The Morgan fingerprint density at radius 3 is 2.64 bits per heavy atom. The molecule has 2 heterocycles. The van der Waals surface area contributed by atoms with Crippen molar-refractivity contribution in [2.45, 2.75) is 13.1 Å². The van der Waals surface area contributed by atoms with Gasteiger partial charge in [0.1, 0.15) is 11.3 Å². The average Bonchev–Trinajstić information content (AvgIpc) is 2.58. The highest BCUT2D eigenvalue weighted by Gasteiger charge is 2.31. The first-order chi connectivity index (χ1) is 11.8. The number of aromatic nitrogens is 2. The molecule has 0 unspecified atom stereocenters. The van der Waals surface area contributed by atoms with Crippen molar-refractivity contribution >= 4 is 17.2 Å². The maximum atomic E-state index is 12.8. The zero-order valence-electron chi connectivity index (χ0n) is 13.0. The van der Waals surface area contributed by atoms with E-state index in [9.17, 15) is 22.8 Å². The second kappa shape index (κ2) is 6.04. The van der Waals surface area contributed by atoms with Gasteiger partial charge in [-0.2, -0.15) is 13.2 Å². The first-order valence-corrected chi connectivity index (χ1v) is 7.24. The van der Waals surface area contributed by atoms with Gasteiger partial charge in [-0.1, -0.05) is 12.1 Å². The molecular weight excluding hydrogens is 335 g/mol. The van der Waals surface area contributed by atoms with Gasteiger partial charge in [0.05, 0.1) is 11.3 Å². The number of amides is 1. The molecule has 0 bridgehead atoms. The first-order valence-electron chi connectivity index (χ1n) is 7.24. The van der Waals surface area contributed by atoms with E-state index in [4.69, 9.17) is 0 Å². The third-order valence-electron chi connectivity index (χ3n) is 3.61. The van der Waals surface area contributed by atoms with Crippen LogP contribution >= 0.6 is 0 Å². The molecule has 25 heavy (non-hydrogen) atoms. The fourth-order valence-corrected chi connectivity index (χ4v) is 2.37. The Balaban J connectivity index is 1.99. The summed E-state index contributed by atoms with van der Waals surface area (Å²) in [6.45, 7) is 1.54. The number of pyridine rings is 1. The smallest absolute Gasteiger partial charge is 0.316 e. The largest absolute Gasteiger partial charge is 0.416 e. The number of aryl methyl sites for hydroxylation is 1. The Kier molecular flexibility index (Phi) is 4.03.